The number of nitrogens with zero attached hydrogens (tertiary/aromatic N) is 4. The summed E-state index contributed by atoms with van der Waals surface area (Å²) in [7, 11) is 0. The van der Waals surface area contributed by atoms with E-state index in [4.69, 9.17) is 9.51 Å². The maximum Gasteiger partial charge on any atom is 0.262 e. The first-order valence-electron chi connectivity index (χ1n) is 9.26. The minimum Gasteiger partial charge on any atom is -0.339 e. The maximum absolute atomic E-state index is 13.1. The van der Waals surface area contributed by atoms with Crippen molar-refractivity contribution < 1.29 is 4.52 Å². The van der Waals surface area contributed by atoms with Crippen LogP contribution in [0.2, 0.25) is 0 Å². The van der Waals surface area contributed by atoms with Gasteiger partial charge in [0.2, 0.25) is 5.89 Å². The molecule has 2 saturated carbocycles. The molecular formula is C19H20N4O2S. The van der Waals surface area contributed by atoms with Gasteiger partial charge in [0.1, 0.15) is 0 Å². The van der Waals surface area contributed by atoms with Crippen LogP contribution >= 0.6 is 11.8 Å². The number of thioether (sulfide) groups is 1. The van der Waals surface area contributed by atoms with Crippen molar-refractivity contribution in [3.63, 3.8) is 0 Å². The Bertz CT molecular complexity index is 1000. The summed E-state index contributed by atoms with van der Waals surface area (Å²) < 4.78 is 7.24. The third-order valence-electron chi connectivity index (χ3n) is 5.21. The van der Waals surface area contributed by atoms with Gasteiger partial charge in [0.25, 0.3) is 5.56 Å². The fourth-order valence-corrected chi connectivity index (χ4v) is 4.57. The highest BCUT2D eigenvalue weighted by Crippen LogP contribution is 2.39. The van der Waals surface area contributed by atoms with E-state index in [-0.39, 0.29) is 11.6 Å². The first kappa shape index (κ1) is 16.1. The molecule has 2 aliphatic rings. The van der Waals surface area contributed by atoms with Crippen molar-refractivity contribution in [3.05, 3.63) is 46.3 Å². The largest absolute Gasteiger partial charge is 0.339 e. The van der Waals surface area contributed by atoms with Crippen LogP contribution in [-0.2, 0) is 5.75 Å². The monoisotopic (exact) mass is 368 g/mol. The van der Waals surface area contributed by atoms with Crippen LogP contribution in [0, 0.1) is 0 Å². The summed E-state index contributed by atoms with van der Waals surface area (Å²) in [5.41, 5.74) is 0.817. The van der Waals surface area contributed by atoms with Gasteiger partial charge < -0.3 is 4.52 Å². The highest BCUT2D eigenvalue weighted by molar-refractivity contribution is 7.98. The van der Waals surface area contributed by atoms with Gasteiger partial charge in [-0.2, -0.15) is 4.98 Å². The van der Waals surface area contributed by atoms with Gasteiger partial charge in [0.05, 0.1) is 16.7 Å². The Morgan fingerprint density at radius 1 is 1.12 bits per heavy atom. The lowest BCUT2D eigenvalue weighted by molar-refractivity contribution is 0.375. The Balaban J connectivity index is 1.49. The van der Waals surface area contributed by atoms with Crippen LogP contribution in [0.1, 0.15) is 62.2 Å². The average molecular weight is 368 g/mol. The zero-order chi connectivity index (χ0) is 17.5. The van der Waals surface area contributed by atoms with Crippen molar-refractivity contribution in [2.45, 2.75) is 61.4 Å². The fourth-order valence-electron chi connectivity index (χ4n) is 3.66. The zero-order valence-corrected chi connectivity index (χ0v) is 15.2. The Morgan fingerprint density at radius 3 is 2.73 bits per heavy atom. The smallest absolute Gasteiger partial charge is 0.262 e. The van der Waals surface area contributed by atoms with E-state index in [0.29, 0.717) is 22.9 Å². The van der Waals surface area contributed by atoms with Crippen molar-refractivity contribution in [3.8, 4) is 0 Å². The number of hydrogen-bond donors (Lipinski definition) is 0. The molecule has 2 fully saturated rings. The fraction of sp³-hybridized carbons (Fsp3) is 0.474. The topological polar surface area (TPSA) is 73.8 Å². The van der Waals surface area contributed by atoms with Crippen LogP contribution in [0.4, 0.5) is 0 Å². The van der Waals surface area contributed by atoms with Crippen LogP contribution in [0.3, 0.4) is 0 Å². The summed E-state index contributed by atoms with van der Waals surface area (Å²) in [6.45, 7) is 0. The van der Waals surface area contributed by atoms with Gasteiger partial charge in [0, 0.05) is 12.0 Å². The van der Waals surface area contributed by atoms with Crippen molar-refractivity contribution in [2.75, 3.05) is 0 Å². The van der Waals surface area contributed by atoms with Crippen molar-refractivity contribution >= 4 is 22.7 Å². The molecule has 7 heteroatoms. The van der Waals surface area contributed by atoms with Gasteiger partial charge in [-0.15, -0.1) is 0 Å². The highest BCUT2D eigenvalue weighted by atomic mass is 32.2. The van der Waals surface area contributed by atoms with Crippen molar-refractivity contribution in [1.29, 1.82) is 0 Å². The van der Waals surface area contributed by atoms with E-state index < -0.39 is 0 Å². The van der Waals surface area contributed by atoms with E-state index in [9.17, 15) is 4.79 Å². The van der Waals surface area contributed by atoms with E-state index in [1.807, 2.05) is 28.8 Å². The Labute approximate surface area is 155 Å². The summed E-state index contributed by atoms with van der Waals surface area (Å²) in [4.78, 5) is 22.4. The number of rotatable bonds is 5. The van der Waals surface area contributed by atoms with Crippen molar-refractivity contribution in [2.24, 2.45) is 0 Å². The van der Waals surface area contributed by atoms with E-state index >= 15 is 0 Å². The van der Waals surface area contributed by atoms with Gasteiger partial charge in [-0.1, -0.05) is 41.9 Å². The van der Waals surface area contributed by atoms with Crippen LogP contribution in [0.25, 0.3) is 10.9 Å². The summed E-state index contributed by atoms with van der Waals surface area (Å²) in [5, 5.41) is 5.54. The highest BCUT2D eigenvalue weighted by Gasteiger charge is 2.30. The molecule has 5 rings (SSSR count). The summed E-state index contributed by atoms with van der Waals surface area (Å²) in [5.74, 6) is 2.45. The second-order valence-electron chi connectivity index (χ2n) is 7.14. The minimum atomic E-state index is 0.0665. The molecule has 26 heavy (non-hydrogen) atoms. The van der Waals surface area contributed by atoms with Gasteiger partial charge in [-0.05, 0) is 37.8 Å². The molecule has 0 N–H and O–H groups in total. The molecule has 0 atom stereocenters. The Morgan fingerprint density at radius 2 is 1.92 bits per heavy atom. The number of para-hydroxylation sites is 1. The quantitative estimate of drug-likeness (QED) is 0.499. The standard InChI is InChI=1S/C19H20N4O2S/c24-18-14-7-3-4-8-15(14)20-19(23(18)13-5-1-2-6-13)26-11-16-21-17(25-22-16)12-9-10-12/h3-4,7-8,12-13H,1-2,5-6,9-11H2. The molecule has 3 aromatic rings. The lowest BCUT2D eigenvalue weighted by Crippen LogP contribution is -2.26. The molecule has 2 aliphatic carbocycles. The van der Waals surface area contributed by atoms with Crippen LogP contribution < -0.4 is 5.56 Å². The van der Waals surface area contributed by atoms with E-state index in [0.717, 1.165) is 42.2 Å². The number of benzene rings is 1. The van der Waals surface area contributed by atoms with Gasteiger partial charge in [-0.25, -0.2) is 4.98 Å². The molecule has 134 valence electrons. The maximum atomic E-state index is 13.1. The van der Waals surface area contributed by atoms with E-state index in [2.05, 4.69) is 10.1 Å². The van der Waals surface area contributed by atoms with Crippen molar-refractivity contribution in [1.82, 2.24) is 19.7 Å². The third-order valence-corrected chi connectivity index (χ3v) is 6.15. The predicted molar refractivity (Wildman–Crippen MR) is 99.3 cm³/mol. The molecule has 0 spiro atoms. The van der Waals surface area contributed by atoms with E-state index in [1.54, 1.807) is 0 Å². The van der Waals surface area contributed by atoms with Gasteiger partial charge in [-0.3, -0.25) is 9.36 Å². The minimum absolute atomic E-state index is 0.0665. The number of aromatic nitrogens is 4. The summed E-state index contributed by atoms with van der Waals surface area (Å²) in [6, 6.07) is 7.83. The van der Waals surface area contributed by atoms with Crippen LogP contribution in [0.15, 0.2) is 38.7 Å². The molecule has 2 heterocycles. The van der Waals surface area contributed by atoms with Gasteiger partial charge >= 0.3 is 0 Å². The molecule has 1 aromatic carbocycles. The molecule has 0 radical (unpaired) electrons. The molecule has 6 nitrogen and oxygen atoms in total. The molecule has 0 saturated heterocycles. The number of hydrogen-bond acceptors (Lipinski definition) is 6. The molecular weight excluding hydrogens is 348 g/mol. The molecule has 0 amide bonds. The second kappa shape index (κ2) is 6.54. The zero-order valence-electron chi connectivity index (χ0n) is 14.4. The lowest BCUT2D eigenvalue weighted by Gasteiger charge is -2.18. The Hall–Kier alpha value is -2.15. The van der Waals surface area contributed by atoms with Crippen LogP contribution in [0.5, 0.6) is 0 Å². The normalized spacial score (nSPS) is 18.0. The lowest BCUT2D eigenvalue weighted by atomic mass is 10.2. The second-order valence-corrected chi connectivity index (χ2v) is 8.08. The predicted octanol–water partition coefficient (Wildman–Crippen LogP) is 4.06. The number of fused-ring (bicyclic) bond motifs is 1. The first-order valence-corrected chi connectivity index (χ1v) is 10.2. The SMILES string of the molecule is O=c1c2ccccc2nc(SCc2noc(C3CC3)n2)n1C1CCCC1. The molecule has 2 aromatic heterocycles. The molecule has 0 aliphatic heterocycles. The molecule has 0 bridgehead atoms. The summed E-state index contributed by atoms with van der Waals surface area (Å²) >= 11 is 1.53. The first-order chi connectivity index (χ1) is 12.8. The van der Waals surface area contributed by atoms with Crippen LogP contribution in [-0.4, -0.2) is 19.7 Å². The third kappa shape index (κ3) is 2.94. The molecule has 0 unspecified atom stereocenters. The Kier molecular flexibility index (Phi) is 4.04. The average Bonchev–Trinajstić information content (AvgIpc) is 3.17. The van der Waals surface area contributed by atoms with Gasteiger partial charge in [0.15, 0.2) is 11.0 Å². The summed E-state index contributed by atoms with van der Waals surface area (Å²) in [6.07, 6.45) is 6.71. The van der Waals surface area contributed by atoms with E-state index in [1.165, 1.54) is 24.6 Å².